The van der Waals surface area contributed by atoms with Crippen LogP contribution in [0.5, 0.6) is 0 Å². The minimum atomic E-state index is -0.864. The Balaban J connectivity index is 2.10. The highest BCUT2D eigenvalue weighted by molar-refractivity contribution is 5.95. The lowest BCUT2D eigenvalue weighted by molar-refractivity contribution is 0.0930. The number of aliphatic hydroxyl groups is 1. The Morgan fingerprint density at radius 1 is 1.39 bits per heavy atom. The summed E-state index contributed by atoms with van der Waals surface area (Å²) < 4.78 is 27.4. The van der Waals surface area contributed by atoms with E-state index in [2.05, 4.69) is 16.3 Å². The first-order valence-electron chi connectivity index (χ1n) is 7.83. The van der Waals surface area contributed by atoms with Crippen molar-refractivity contribution in [1.82, 2.24) is 10.2 Å². The van der Waals surface area contributed by atoms with Crippen molar-refractivity contribution in [2.24, 2.45) is 0 Å². The average molecular weight is 324 g/mol. The Kier molecular flexibility index (Phi) is 6.24. The molecule has 0 spiro atoms. The van der Waals surface area contributed by atoms with Gasteiger partial charge < -0.3 is 10.4 Å². The van der Waals surface area contributed by atoms with Gasteiger partial charge in [-0.3, -0.25) is 9.69 Å². The van der Waals surface area contributed by atoms with Gasteiger partial charge in [0.15, 0.2) is 0 Å². The molecule has 23 heavy (non-hydrogen) atoms. The van der Waals surface area contributed by atoms with Crippen molar-refractivity contribution in [2.75, 3.05) is 26.2 Å². The Bertz CT molecular complexity index is 570. The summed E-state index contributed by atoms with van der Waals surface area (Å²) in [6.45, 7) is 4.06. The van der Waals surface area contributed by atoms with Crippen LogP contribution in [0.3, 0.4) is 0 Å². The van der Waals surface area contributed by atoms with Gasteiger partial charge in [-0.15, -0.1) is 0 Å². The number of nitrogens with one attached hydrogen (secondary N) is 1. The number of halogens is 2. The van der Waals surface area contributed by atoms with E-state index in [-0.39, 0.29) is 12.6 Å². The minimum absolute atomic E-state index is 0.0802. The molecule has 2 rings (SSSR count). The first kappa shape index (κ1) is 17.6. The second kappa shape index (κ2) is 8.17. The summed E-state index contributed by atoms with van der Waals surface area (Å²) >= 11 is 0. The van der Waals surface area contributed by atoms with Crippen molar-refractivity contribution in [3.63, 3.8) is 0 Å². The van der Waals surface area contributed by atoms with Gasteiger partial charge in [0.1, 0.15) is 17.2 Å². The zero-order chi connectivity index (χ0) is 16.8. The average Bonchev–Trinajstić information content (AvgIpc) is 2.53. The van der Waals surface area contributed by atoms with Crippen molar-refractivity contribution in [3.8, 4) is 0 Å². The molecular weight excluding hydrogens is 302 g/mol. The van der Waals surface area contributed by atoms with Crippen molar-refractivity contribution in [2.45, 2.75) is 25.8 Å². The fourth-order valence-electron chi connectivity index (χ4n) is 2.82. The van der Waals surface area contributed by atoms with Crippen LogP contribution in [0.1, 0.15) is 30.1 Å². The molecule has 0 aliphatic carbocycles. The van der Waals surface area contributed by atoms with Gasteiger partial charge in [0.2, 0.25) is 0 Å². The van der Waals surface area contributed by atoms with Crippen LogP contribution in [-0.2, 0) is 0 Å². The molecule has 126 valence electrons. The van der Waals surface area contributed by atoms with Gasteiger partial charge in [-0.2, -0.15) is 0 Å². The molecule has 1 atom stereocenters. The molecule has 0 saturated heterocycles. The molecule has 1 aromatic carbocycles. The number of carbonyl (C=O) groups excluding carboxylic acids is 1. The van der Waals surface area contributed by atoms with E-state index in [1.807, 2.05) is 6.92 Å². The van der Waals surface area contributed by atoms with Gasteiger partial charge in [-0.25, -0.2) is 8.78 Å². The largest absolute Gasteiger partial charge is 0.395 e. The predicted octanol–water partition coefficient (Wildman–Crippen LogP) is 2.10. The lowest BCUT2D eigenvalue weighted by Crippen LogP contribution is -2.42. The number of β-amino-alcohol motifs (C(OH)–C–C–N with tert-alkyl or cyclic N) is 1. The molecule has 6 heteroatoms. The number of aliphatic hydroxyl groups excluding tert-OH is 1. The lowest BCUT2D eigenvalue weighted by Gasteiger charge is -2.31. The van der Waals surface area contributed by atoms with Crippen molar-refractivity contribution in [3.05, 3.63) is 47.0 Å². The SMILES string of the molecule is CC[C@@H](NC(=O)c1c(F)cccc1F)C1=CCCN(CCO)C1. The number of hydrogen-bond acceptors (Lipinski definition) is 3. The summed E-state index contributed by atoms with van der Waals surface area (Å²) in [7, 11) is 0. The summed E-state index contributed by atoms with van der Waals surface area (Å²) in [4.78, 5) is 14.3. The Morgan fingerprint density at radius 3 is 2.70 bits per heavy atom. The molecule has 1 amide bonds. The monoisotopic (exact) mass is 324 g/mol. The number of rotatable bonds is 6. The van der Waals surface area contributed by atoms with E-state index in [0.29, 0.717) is 19.5 Å². The van der Waals surface area contributed by atoms with Crippen LogP contribution < -0.4 is 5.32 Å². The van der Waals surface area contributed by atoms with Crippen LogP contribution in [0.15, 0.2) is 29.8 Å². The molecule has 1 aliphatic rings. The maximum absolute atomic E-state index is 13.7. The van der Waals surface area contributed by atoms with E-state index in [1.165, 1.54) is 6.07 Å². The zero-order valence-electron chi connectivity index (χ0n) is 13.2. The summed E-state index contributed by atoms with van der Waals surface area (Å²) in [6.07, 6.45) is 3.51. The summed E-state index contributed by atoms with van der Waals surface area (Å²) in [5.74, 6) is -2.47. The highest BCUT2D eigenvalue weighted by atomic mass is 19.1. The van der Waals surface area contributed by atoms with Crippen LogP contribution in [0, 0.1) is 11.6 Å². The Hall–Kier alpha value is -1.79. The van der Waals surface area contributed by atoms with Crippen LogP contribution >= 0.6 is 0 Å². The lowest BCUT2D eigenvalue weighted by atomic mass is 9.99. The first-order chi connectivity index (χ1) is 11.1. The first-order valence-corrected chi connectivity index (χ1v) is 7.83. The molecule has 1 heterocycles. The molecular formula is C17H22F2N2O2. The standard InChI is InChI=1S/C17H22F2N2O2/c1-2-15(12-5-4-8-21(11-12)9-10-22)20-17(23)16-13(18)6-3-7-14(16)19/h3,5-7,15,22H,2,4,8-11H2,1H3,(H,20,23)/t15-/m1/s1. The van der Waals surface area contributed by atoms with Gasteiger partial charge in [-0.05, 0) is 30.5 Å². The maximum Gasteiger partial charge on any atom is 0.257 e. The second-order valence-corrected chi connectivity index (χ2v) is 5.60. The van der Waals surface area contributed by atoms with E-state index in [9.17, 15) is 13.6 Å². The van der Waals surface area contributed by atoms with E-state index in [0.717, 1.165) is 30.7 Å². The minimum Gasteiger partial charge on any atom is -0.395 e. The van der Waals surface area contributed by atoms with E-state index in [4.69, 9.17) is 5.11 Å². The van der Waals surface area contributed by atoms with Gasteiger partial charge >= 0.3 is 0 Å². The second-order valence-electron chi connectivity index (χ2n) is 5.60. The molecule has 0 radical (unpaired) electrons. The van der Waals surface area contributed by atoms with Crippen LogP contribution in [0.4, 0.5) is 8.78 Å². The summed E-state index contributed by atoms with van der Waals surface area (Å²) in [6, 6.07) is 3.10. The van der Waals surface area contributed by atoms with Gasteiger partial charge in [0.25, 0.3) is 5.91 Å². The highest BCUT2D eigenvalue weighted by Gasteiger charge is 2.23. The predicted molar refractivity (Wildman–Crippen MR) is 84.1 cm³/mol. The van der Waals surface area contributed by atoms with Crippen LogP contribution in [0.2, 0.25) is 0 Å². The van der Waals surface area contributed by atoms with Gasteiger partial charge in [0, 0.05) is 19.6 Å². The van der Waals surface area contributed by atoms with Gasteiger partial charge in [-0.1, -0.05) is 19.1 Å². The number of carbonyl (C=O) groups is 1. The van der Waals surface area contributed by atoms with Gasteiger partial charge in [0.05, 0.1) is 12.6 Å². The smallest absolute Gasteiger partial charge is 0.257 e. The normalized spacial score (nSPS) is 16.8. The fourth-order valence-corrected chi connectivity index (χ4v) is 2.82. The van der Waals surface area contributed by atoms with E-state index >= 15 is 0 Å². The molecule has 1 aromatic rings. The van der Waals surface area contributed by atoms with Crippen LogP contribution in [0.25, 0.3) is 0 Å². The number of hydrogen-bond donors (Lipinski definition) is 2. The summed E-state index contributed by atoms with van der Waals surface area (Å²) in [5.41, 5.74) is 0.465. The topological polar surface area (TPSA) is 52.6 Å². The third-order valence-corrected chi connectivity index (χ3v) is 4.03. The zero-order valence-corrected chi connectivity index (χ0v) is 13.2. The number of nitrogens with zero attached hydrogens (tertiary/aromatic N) is 1. The molecule has 0 aromatic heterocycles. The third-order valence-electron chi connectivity index (χ3n) is 4.03. The molecule has 0 unspecified atom stereocenters. The maximum atomic E-state index is 13.7. The van der Waals surface area contributed by atoms with Crippen molar-refractivity contribution in [1.29, 1.82) is 0 Å². The highest BCUT2D eigenvalue weighted by Crippen LogP contribution is 2.17. The molecule has 4 nitrogen and oxygen atoms in total. The Morgan fingerprint density at radius 2 is 2.09 bits per heavy atom. The molecule has 0 fully saturated rings. The summed E-state index contributed by atoms with van der Waals surface area (Å²) in [5, 5.41) is 11.8. The number of amides is 1. The van der Waals surface area contributed by atoms with E-state index < -0.39 is 23.1 Å². The molecule has 0 saturated carbocycles. The number of benzene rings is 1. The van der Waals surface area contributed by atoms with Crippen molar-refractivity contribution >= 4 is 5.91 Å². The fraction of sp³-hybridized carbons (Fsp3) is 0.471. The molecule has 0 bridgehead atoms. The quantitative estimate of drug-likeness (QED) is 0.788. The Labute approximate surface area is 134 Å². The third kappa shape index (κ3) is 4.36. The molecule has 2 N–H and O–H groups in total. The molecule has 1 aliphatic heterocycles. The van der Waals surface area contributed by atoms with Crippen molar-refractivity contribution < 1.29 is 18.7 Å². The van der Waals surface area contributed by atoms with Crippen LogP contribution in [-0.4, -0.2) is 48.2 Å². The van der Waals surface area contributed by atoms with E-state index in [1.54, 1.807) is 0 Å².